The van der Waals surface area contributed by atoms with Crippen LogP contribution in [0.15, 0.2) is 36.4 Å². The number of amides is 1. The van der Waals surface area contributed by atoms with Gasteiger partial charge in [-0.05, 0) is 24.3 Å². The van der Waals surface area contributed by atoms with Crippen LogP contribution in [0.25, 0.3) is 0 Å². The van der Waals surface area contributed by atoms with E-state index in [1.807, 2.05) is 0 Å². The minimum atomic E-state index is -0.335. The molecular weight excluding hydrogens is 323 g/mol. The molecule has 0 fully saturated rings. The first-order valence-corrected chi connectivity index (χ1v) is 7.12. The number of anilines is 2. The lowest BCUT2D eigenvalue weighted by Crippen LogP contribution is -2.22. The van der Waals surface area contributed by atoms with Gasteiger partial charge in [-0.3, -0.25) is 4.79 Å². The van der Waals surface area contributed by atoms with Gasteiger partial charge in [-0.25, -0.2) is 4.39 Å². The van der Waals surface area contributed by atoms with Crippen molar-refractivity contribution in [1.29, 1.82) is 0 Å². The quantitative estimate of drug-likeness (QED) is 0.845. The van der Waals surface area contributed by atoms with Crippen molar-refractivity contribution < 1.29 is 18.7 Å². The van der Waals surface area contributed by atoms with Gasteiger partial charge in [-0.1, -0.05) is 11.6 Å². The molecule has 0 radical (unpaired) electrons. The maximum absolute atomic E-state index is 12.8. The first-order chi connectivity index (χ1) is 11.0. The van der Waals surface area contributed by atoms with Crippen molar-refractivity contribution in [2.45, 2.75) is 0 Å². The van der Waals surface area contributed by atoms with Gasteiger partial charge in [0.05, 0.1) is 31.5 Å². The zero-order valence-corrected chi connectivity index (χ0v) is 13.4. The van der Waals surface area contributed by atoms with E-state index in [1.165, 1.54) is 26.4 Å². The van der Waals surface area contributed by atoms with Gasteiger partial charge in [0.15, 0.2) is 0 Å². The highest BCUT2D eigenvalue weighted by Gasteiger charge is 2.12. The minimum Gasteiger partial charge on any atom is -0.495 e. The third kappa shape index (κ3) is 4.50. The van der Waals surface area contributed by atoms with Gasteiger partial charge >= 0.3 is 0 Å². The highest BCUT2D eigenvalue weighted by atomic mass is 35.5. The molecule has 0 unspecified atom stereocenters. The highest BCUT2D eigenvalue weighted by molar-refractivity contribution is 6.32. The molecule has 0 aliphatic heterocycles. The van der Waals surface area contributed by atoms with Crippen LogP contribution in [0.4, 0.5) is 15.8 Å². The Bertz CT molecular complexity index is 692. The molecule has 0 bridgehead atoms. The summed E-state index contributed by atoms with van der Waals surface area (Å²) in [6.07, 6.45) is 0. The van der Waals surface area contributed by atoms with Gasteiger partial charge in [0.25, 0.3) is 0 Å². The molecule has 0 saturated heterocycles. The molecule has 0 aromatic heterocycles. The van der Waals surface area contributed by atoms with Crippen LogP contribution in [0.5, 0.6) is 11.5 Å². The monoisotopic (exact) mass is 338 g/mol. The average molecular weight is 339 g/mol. The van der Waals surface area contributed by atoms with E-state index in [4.69, 9.17) is 21.1 Å². The molecule has 2 aromatic rings. The van der Waals surface area contributed by atoms with Crippen LogP contribution < -0.4 is 20.1 Å². The van der Waals surface area contributed by atoms with Crippen molar-refractivity contribution >= 4 is 28.9 Å². The Morgan fingerprint density at radius 3 is 2.39 bits per heavy atom. The van der Waals surface area contributed by atoms with Gasteiger partial charge in [0.1, 0.15) is 17.3 Å². The molecule has 5 nitrogen and oxygen atoms in total. The van der Waals surface area contributed by atoms with Gasteiger partial charge in [0, 0.05) is 17.8 Å². The number of methoxy groups -OCH3 is 2. The van der Waals surface area contributed by atoms with E-state index >= 15 is 0 Å². The lowest BCUT2D eigenvalue weighted by Gasteiger charge is -2.13. The van der Waals surface area contributed by atoms with Crippen LogP contribution in [0, 0.1) is 5.82 Å². The predicted molar refractivity (Wildman–Crippen MR) is 88.1 cm³/mol. The number of hydrogen-bond acceptors (Lipinski definition) is 4. The third-order valence-electron chi connectivity index (χ3n) is 3.05. The number of ether oxygens (including phenoxy) is 2. The zero-order valence-electron chi connectivity index (χ0n) is 12.7. The topological polar surface area (TPSA) is 59.6 Å². The fraction of sp³-hybridized carbons (Fsp3) is 0.188. The van der Waals surface area contributed by atoms with Crippen LogP contribution in [-0.2, 0) is 4.79 Å². The second kappa shape index (κ2) is 7.69. The Labute approximate surface area is 138 Å². The van der Waals surface area contributed by atoms with E-state index < -0.39 is 0 Å². The van der Waals surface area contributed by atoms with Crippen LogP contribution in [0.1, 0.15) is 0 Å². The predicted octanol–water partition coefficient (Wildman–Crippen LogP) is 3.55. The molecule has 0 aliphatic rings. The summed E-state index contributed by atoms with van der Waals surface area (Å²) in [4.78, 5) is 12.0. The smallest absolute Gasteiger partial charge is 0.243 e. The summed E-state index contributed by atoms with van der Waals surface area (Å²) in [5.74, 6) is 0.218. The van der Waals surface area contributed by atoms with Crippen molar-refractivity contribution in [3.63, 3.8) is 0 Å². The molecule has 2 aromatic carbocycles. The summed E-state index contributed by atoms with van der Waals surface area (Å²) in [7, 11) is 2.96. The molecule has 7 heteroatoms. The van der Waals surface area contributed by atoms with Crippen LogP contribution in [0.2, 0.25) is 5.02 Å². The molecule has 122 valence electrons. The van der Waals surface area contributed by atoms with E-state index in [0.717, 1.165) is 0 Å². The Kier molecular flexibility index (Phi) is 5.65. The molecule has 1 amide bonds. The third-order valence-corrected chi connectivity index (χ3v) is 3.34. The van der Waals surface area contributed by atoms with E-state index in [9.17, 15) is 9.18 Å². The van der Waals surface area contributed by atoms with Crippen molar-refractivity contribution in [3.05, 3.63) is 47.2 Å². The van der Waals surface area contributed by atoms with E-state index in [0.29, 0.717) is 27.9 Å². The normalized spacial score (nSPS) is 10.1. The number of carbonyl (C=O) groups excluding carboxylic acids is 1. The molecule has 2 rings (SSSR count). The molecule has 0 aliphatic carbocycles. The summed E-state index contributed by atoms with van der Waals surface area (Å²) in [6.45, 7) is 0.0136. The van der Waals surface area contributed by atoms with Crippen molar-refractivity contribution in [2.75, 3.05) is 31.4 Å². The fourth-order valence-corrected chi connectivity index (χ4v) is 2.13. The Morgan fingerprint density at radius 2 is 1.78 bits per heavy atom. The summed E-state index contributed by atoms with van der Waals surface area (Å²) >= 11 is 6.01. The number of benzene rings is 2. The second-order valence-electron chi connectivity index (χ2n) is 4.60. The summed E-state index contributed by atoms with van der Waals surface area (Å²) in [5.41, 5.74) is 1.09. The van der Waals surface area contributed by atoms with Gasteiger partial charge in [0.2, 0.25) is 5.91 Å². The molecular formula is C16H16ClFN2O3. The lowest BCUT2D eigenvalue weighted by atomic mass is 10.2. The molecule has 0 heterocycles. The molecule has 2 N–H and O–H groups in total. The summed E-state index contributed by atoms with van der Waals surface area (Å²) in [6, 6.07) is 8.87. The van der Waals surface area contributed by atoms with Crippen molar-refractivity contribution in [1.82, 2.24) is 0 Å². The van der Waals surface area contributed by atoms with Crippen LogP contribution >= 0.6 is 11.6 Å². The fourth-order valence-electron chi connectivity index (χ4n) is 1.90. The summed E-state index contributed by atoms with van der Waals surface area (Å²) < 4.78 is 23.1. The summed E-state index contributed by atoms with van der Waals surface area (Å²) in [5, 5.41) is 5.98. The van der Waals surface area contributed by atoms with Crippen molar-refractivity contribution in [2.24, 2.45) is 0 Å². The maximum Gasteiger partial charge on any atom is 0.243 e. The van der Waals surface area contributed by atoms with Gasteiger partial charge < -0.3 is 20.1 Å². The average Bonchev–Trinajstić information content (AvgIpc) is 2.55. The Morgan fingerprint density at radius 1 is 1.13 bits per heavy atom. The first-order valence-electron chi connectivity index (χ1n) is 6.74. The Balaban J connectivity index is 2.03. The van der Waals surface area contributed by atoms with Crippen LogP contribution in [-0.4, -0.2) is 26.7 Å². The van der Waals surface area contributed by atoms with E-state index in [1.54, 1.807) is 24.3 Å². The van der Waals surface area contributed by atoms with E-state index in [-0.39, 0.29) is 18.3 Å². The standard InChI is InChI=1S/C16H16ClFN2O3/c1-22-14-8-13(15(23-2)7-12(14)17)20-16(21)9-19-11-5-3-10(18)4-6-11/h3-8,19H,9H2,1-2H3,(H,20,21). The van der Waals surface area contributed by atoms with Crippen molar-refractivity contribution in [3.8, 4) is 11.5 Å². The maximum atomic E-state index is 12.8. The number of nitrogens with one attached hydrogen (secondary N) is 2. The highest BCUT2D eigenvalue weighted by Crippen LogP contribution is 2.35. The second-order valence-corrected chi connectivity index (χ2v) is 5.00. The minimum absolute atomic E-state index is 0.0136. The van der Waals surface area contributed by atoms with Gasteiger partial charge in [-0.2, -0.15) is 0 Å². The molecule has 0 spiro atoms. The number of halogens is 2. The Hall–Kier alpha value is -2.47. The SMILES string of the molecule is COc1cc(NC(=O)CNc2ccc(F)cc2)c(OC)cc1Cl. The number of carbonyl (C=O) groups is 1. The molecule has 0 saturated carbocycles. The lowest BCUT2D eigenvalue weighted by molar-refractivity contribution is -0.114. The molecule has 0 atom stereocenters. The first kappa shape index (κ1) is 16.9. The molecule has 23 heavy (non-hydrogen) atoms. The zero-order chi connectivity index (χ0) is 16.8. The number of hydrogen-bond donors (Lipinski definition) is 2. The van der Waals surface area contributed by atoms with Crippen LogP contribution in [0.3, 0.4) is 0 Å². The van der Waals surface area contributed by atoms with E-state index in [2.05, 4.69) is 10.6 Å². The largest absolute Gasteiger partial charge is 0.495 e. The van der Waals surface area contributed by atoms with Gasteiger partial charge in [-0.15, -0.1) is 0 Å². The number of rotatable bonds is 6.